The van der Waals surface area contributed by atoms with Gasteiger partial charge < -0.3 is 5.11 Å². The van der Waals surface area contributed by atoms with Gasteiger partial charge in [-0.05, 0) is 12.1 Å². The van der Waals surface area contributed by atoms with Gasteiger partial charge in [0.2, 0.25) is 0 Å². The second-order valence-electron chi connectivity index (χ2n) is 2.34. The number of hydrogen-bond donors (Lipinski definition) is 1. The molecule has 0 aliphatic heterocycles. The second kappa shape index (κ2) is 3.83. The maximum Gasteiger partial charge on any atom is 0.124 e. The van der Waals surface area contributed by atoms with Crippen molar-refractivity contribution in [3.05, 3.63) is 34.6 Å². The van der Waals surface area contributed by atoms with E-state index in [4.69, 9.17) is 16.7 Å². The van der Waals surface area contributed by atoms with Crippen LogP contribution in [0.2, 0.25) is 5.02 Å². The first-order chi connectivity index (χ1) is 5.65. The standard InChI is InChI=1S/C8H7ClF2O/c9-7-3-5(11)1-2-6(7)8(12)4-10/h1-3,8,12H,4H2. The van der Waals surface area contributed by atoms with Gasteiger partial charge in [-0.15, -0.1) is 0 Å². The molecule has 0 amide bonds. The Kier molecular flexibility index (Phi) is 3.00. The molecule has 1 aromatic carbocycles. The van der Waals surface area contributed by atoms with E-state index >= 15 is 0 Å². The van der Waals surface area contributed by atoms with Gasteiger partial charge in [-0.1, -0.05) is 17.7 Å². The van der Waals surface area contributed by atoms with Crippen molar-refractivity contribution in [1.82, 2.24) is 0 Å². The minimum atomic E-state index is -1.27. The van der Waals surface area contributed by atoms with Crippen LogP contribution in [0.3, 0.4) is 0 Å². The first-order valence-electron chi connectivity index (χ1n) is 3.34. The Morgan fingerprint density at radius 1 is 1.50 bits per heavy atom. The smallest absolute Gasteiger partial charge is 0.124 e. The van der Waals surface area contributed by atoms with Gasteiger partial charge in [0.15, 0.2) is 0 Å². The minimum Gasteiger partial charge on any atom is -0.386 e. The second-order valence-corrected chi connectivity index (χ2v) is 2.74. The van der Waals surface area contributed by atoms with E-state index in [1.807, 2.05) is 0 Å². The number of aliphatic hydroxyl groups is 1. The molecular formula is C8H7ClF2O. The minimum absolute atomic E-state index is 0.0418. The molecule has 1 atom stereocenters. The predicted octanol–water partition coefficient (Wildman–Crippen LogP) is 2.48. The van der Waals surface area contributed by atoms with Crippen LogP contribution < -0.4 is 0 Å². The van der Waals surface area contributed by atoms with Crippen LogP contribution in [0, 0.1) is 5.82 Å². The van der Waals surface area contributed by atoms with E-state index in [9.17, 15) is 8.78 Å². The average molecular weight is 193 g/mol. The molecule has 0 saturated heterocycles. The molecule has 0 heterocycles. The van der Waals surface area contributed by atoms with Crippen LogP contribution >= 0.6 is 11.6 Å². The van der Waals surface area contributed by atoms with Crippen molar-refractivity contribution in [3.63, 3.8) is 0 Å². The molecule has 0 radical (unpaired) electrons. The summed E-state index contributed by atoms with van der Waals surface area (Å²) in [5.74, 6) is -0.505. The number of benzene rings is 1. The predicted molar refractivity (Wildman–Crippen MR) is 42.3 cm³/mol. The zero-order valence-corrected chi connectivity index (χ0v) is 6.85. The molecule has 4 heteroatoms. The van der Waals surface area contributed by atoms with E-state index in [-0.39, 0.29) is 10.6 Å². The summed E-state index contributed by atoms with van der Waals surface area (Å²) in [6, 6.07) is 3.43. The van der Waals surface area contributed by atoms with Crippen LogP contribution in [-0.2, 0) is 0 Å². The molecule has 0 aliphatic carbocycles. The molecule has 1 nitrogen and oxygen atoms in total. The lowest BCUT2D eigenvalue weighted by Gasteiger charge is -2.07. The van der Waals surface area contributed by atoms with Crippen molar-refractivity contribution in [2.24, 2.45) is 0 Å². The molecule has 0 aliphatic rings. The van der Waals surface area contributed by atoms with Crippen LogP contribution in [-0.4, -0.2) is 11.8 Å². The Labute approximate surface area is 73.6 Å². The normalized spacial score (nSPS) is 13.0. The first kappa shape index (κ1) is 9.42. The largest absolute Gasteiger partial charge is 0.386 e. The quantitative estimate of drug-likeness (QED) is 0.763. The third-order valence-corrected chi connectivity index (χ3v) is 1.79. The van der Waals surface area contributed by atoms with Crippen LogP contribution in [0.15, 0.2) is 18.2 Å². The van der Waals surface area contributed by atoms with Gasteiger partial charge in [-0.3, -0.25) is 0 Å². The third-order valence-electron chi connectivity index (χ3n) is 1.47. The molecule has 1 unspecified atom stereocenters. The van der Waals surface area contributed by atoms with E-state index in [0.717, 1.165) is 12.1 Å². The molecule has 0 fully saturated rings. The molecule has 66 valence electrons. The highest BCUT2D eigenvalue weighted by atomic mass is 35.5. The fourth-order valence-electron chi connectivity index (χ4n) is 0.855. The summed E-state index contributed by atoms with van der Waals surface area (Å²) < 4.78 is 24.4. The molecule has 1 N–H and O–H groups in total. The number of alkyl halides is 1. The Hall–Kier alpha value is -0.670. The summed E-state index contributed by atoms with van der Waals surface area (Å²) >= 11 is 5.54. The highest BCUT2D eigenvalue weighted by Gasteiger charge is 2.11. The fraction of sp³-hybridized carbons (Fsp3) is 0.250. The molecule has 1 rings (SSSR count). The third kappa shape index (κ3) is 1.93. The molecule has 1 aromatic rings. The topological polar surface area (TPSA) is 20.2 Å². The monoisotopic (exact) mass is 192 g/mol. The van der Waals surface area contributed by atoms with Crippen molar-refractivity contribution in [2.75, 3.05) is 6.67 Å². The number of aliphatic hydroxyl groups excluding tert-OH is 1. The number of hydrogen-bond acceptors (Lipinski definition) is 1. The summed E-state index contributed by atoms with van der Waals surface area (Å²) in [4.78, 5) is 0. The van der Waals surface area contributed by atoms with Crippen molar-refractivity contribution in [3.8, 4) is 0 Å². The van der Waals surface area contributed by atoms with Gasteiger partial charge in [0.25, 0.3) is 0 Å². The van der Waals surface area contributed by atoms with E-state index in [2.05, 4.69) is 0 Å². The SMILES string of the molecule is OC(CF)c1ccc(F)cc1Cl. The maximum absolute atomic E-state index is 12.5. The highest BCUT2D eigenvalue weighted by molar-refractivity contribution is 6.31. The van der Waals surface area contributed by atoms with E-state index in [1.165, 1.54) is 6.07 Å². The van der Waals surface area contributed by atoms with Crippen LogP contribution in [0.25, 0.3) is 0 Å². The molecule has 12 heavy (non-hydrogen) atoms. The van der Waals surface area contributed by atoms with E-state index < -0.39 is 18.6 Å². The van der Waals surface area contributed by atoms with E-state index in [0.29, 0.717) is 0 Å². The lowest BCUT2D eigenvalue weighted by molar-refractivity contribution is 0.142. The van der Waals surface area contributed by atoms with Crippen LogP contribution in [0.4, 0.5) is 8.78 Å². The highest BCUT2D eigenvalue weighted by Crippen LogP contribution is 2.23. The molecule has 0 aromatic heterocycles. The van der Waals surface area contributed by atoms with Crippen molar-refractivity contribution in [2.45, 2.75) is 6.10 Å². The summed E-state index contributed by atoms with van der Waals surface area (Å²) in [7, 11) is 0. The van der Waals surface area contributed by atoms with Crippen molar-refractivity contribution >= 4 is 11.6 Å². The van der Waals surface area contributed by atoms with Gasteiger partial charge in [-0.25, -0.2) is 8.78 Å². The zero-order chi connectivity index (χ0) is 9.14. The summed E-state index contributed by atoms with van der Waals surface area (Å²) in [5.41, 5.74) is 0.209. The fourth-order valence-corrected chi connectivity index (χ4v) is 1.15. The Balaban J connectivity index is 3.01. The summed E-state index contributed by atoms with van der Waals surface area (Å²) in [6.07, 6.45) is -1.27. The lowest BCUT2D eigenvalue weighted by atomic mass is 10.1. The summed E-state index contributed by atoms with van der Waals surface area (Å²) in [6.45, 7) is -0.925. The molecule has 0 saturated carbocycles. The number of halogens is 3. The Morgan fingerprint density at radius 2 is 2.17 bits per heavy atom. The van der Waals surface area contributed by atoms with Gasteiger partial charge in [0, 0.05) is 10.6 Å². The van der Waals surface area contributed by atoms with Crippen LogP contribution in [0.5, 0.6) is 0 Å². The van der Waals surface area contributed by atoms with Gasteiger partial charge in [0.05, 0.1) is 0 Å². The molecular weight excluding hydrogens is 186 g/mol. The summed E-state index contributed by atoms with van der Waals surface area (Å²) in [5, 5.41) is 9.06. The van der Waals surface area contributed by atoms with E-state index in [1.54, 1.807) is 0 Å². The maximum atomic E-state index is 12.5. The van der Waals surface area contributed by atoms with Crippen LogP contribution in [0.1, 0.15) is 11.7 Å². The molecule has 0 spiro atoms. The Morgan fingerprint density at radius 3 is 2.67 bits per heavy atom. The Bertz CT molecular complexity index is 278. The van der Waals surface area contributed by atoms with Gasteiger partial charge in [-0.2, -0.15) is 0 Å². The van der Waals surface area contributed by atoms with Gasteiger partial charge >= 0.3 is 0 Å². The van der Waals surface area contributed by atoms with Crippen molar-refractivity contribution < 1.29 is 13.9 Å². The molecule has 0 bridgehead atoms. The first-order valence-corrected chi connectivity index (χ1v) is 3.72. The lowest BCUT2D eigenvalue weighted by Crippen LogP contribution is -2.00. The average Bonchev–Trinajstić information content (AvgIpc) is 2.03. The van der Waals surface area contributed by atoms with Gasteiger partial charge in [0.1, 0.15) is 18.6 Å². The number of rotatable bonds is 2. The zero-order valence-electron chi connectivity index (χ0n) is 6.10. The van der Waals surface area contributed by atoms with Crippen molar-refractivity contribution in [1.29, 1.82) is 0 Å².